The van der Waals surface area contributed by atoms with Gasteiger partial charge in [-0.05, 0) is 43.7 Å². The van der Waals surface area contributed by atoms with E-state index in [0.29, 0.717) is 22.8 Å². The number of nitrogens with zero attached hydrogens (tertiary/aromatic N) is 4. The van der Waals surface area contributed by atoms with E-state index in [9.17, 15) is 0 Å². The summed E-state index contributed by atoms with van der Waals surface area (Å²) in [7, 11) is 0. The van der Waals surface area contributed by atoms with Crippen LogP contribution in [-0.2, 0) is 11.3 Å². The van der Waals surface area contributed by atoms with E-state index in [1.165, 1.54) is 12.8 Å². The molecule has 1 unspecified atom stereocenters. The van der Waals surface area contributed by atoms with E-state index in [1.807, 2.05) is 24.3 Å². The van der Waals surface area contributed by atoms with Crippen LogP contribution in [0.4, 0.5) is 0 Å². The van der Waals surface area contributed by atoms with Crippen molar-refractivity contribution in [3.63, 3.8) is 0 Å². The fourth-order valence-electron chi connectivity index (χ4n) is 3.60. The molecule has 2 fully saturated rings. The number of hydrogen-bond donors (Lipinski definition) is 0. The average Bonchev–Trinajstić information content (AvgIpc) is 3.27. The van der Waals surface area contributed by atoms with Crippen molar-refractivity contribution >= 4 is 11.6 Å². The maximum Gasteiger partial charge on any atom is 0.241 e. The van der Waals surface area contributed by atoms with Crippen molar-refractivity contribution in [3.05, 3.63) is 35.2 Å². The van der Waals surface area contributed by atoms with Crippen molar-refractivity contribution in [2.24, 2.45) is 0 Å². The van der Waals surface area contributed by atoms with Crippen molar-refractivity contribution in [2.75, 3.05) is 39.4 Å². The number of benzene rings is 1. The van der Waals surface area contributed by atoms with Crippen LogP contribution in [0.5, 0.6) is 0 Å². The van der Waals surface area contributed by atoms with E-state index in [-0.39, 0.29) is 0 Å². The number of morpholine rings is 1. The van der Waals surface area contributed by atoms with Gasteiger partial charge in [0.05, 0.1) is 19.8 Å². The summed E-state index contributed by atoms with van der Waals surface area (Å²) in [6, 6.07) is 8.06. The Morgan fingerprint density at radius 1 is 1.12 bits per heavy atom. The molecule has 0 N–H and O–H groups in total. The summed E-state index contributed by atoms with van der Waals surface area (Å²) in [6.45, 7) is 6.67. The molecule has 6 nitrogen and oxygen atoms in total. The van der Waals surface area contributed by atoms with Gasteiger partial charge in [-0.3, -0.25) is 9.80 Å². The van der Waals surface area contributed by atoms with Crippen LogP contribution < -0.4 is 0 Å². The number of ether oxygens (including phenoxy) is 1. The van der Waals surface area contributed by atoms with Gasteiger partial charge in [-0.25, -0.2) is 0 Å². The molecule has 2 aliphatic heterocycles. The summed E-state index contributed by atoms with van der Waals surface area (Å²) in [4.78, 5) is 9.53. The molecule has 0 spiro atoms. The first-order valence-electron chi connectivity index (χ1n) is 8.90. The van der Waals surface area contributed by atoms with Gasteiger partial charge in [0.1, 0.15) is 0 Å². The molecule has 1 aromatic carbocycles. The van der Waals surface area contributed by atoms with Crippen LogP contribution in [0.2, 0.25) is 5.02 Å². The molecule has 3 heterocycles. The Balaban J connectivity index is 1.38. The first-order chi connectivity index (χ1) is 12.3. The van der Waals surface area contributed by atoms with Gasteiger partial charge in [-0.2, -0.15) is 4.98 Å². The van der Waals surface area contributed by atoms with Gasteiger partial charge in [-0.1, -0.05) is 16.8 Å². The van der Waals surface area contributed by atoms with E-state index in [4.69, 9.17) is 20.9 Å². The van der Waals surface area contributed by atoms with Crippen molar-refractivity contribution in [3.8, 4) is 11.4 Å². The number of likely N-dealkylation sites (tertiary alicyclic amines) is 1. The van der Waals surface area contributed by atoms with Gasteiger partial charge < -0.3 is 9.26 Å². The van der Waals surface area contributed by atoms with Gasteiger partial charge in [0, 0.05) is 36.3 Å². The van der Waals surface area contributed by atoms with Crippen LogP contribution in [0.3, 0.4) is 0 Å². The topological polar surface area (TPSA) is 54.6 Å². The molecule has 0 bridgehead atoms. The van der Waals surface area contributed by atoms with Crippen molar-refractivity contribution < 1.29 is 9.26 Å². The maximum absolute atomic E-state index is 5.93. The third-order valence-electron chi connectivity index (χ3n) is 4.98. The minimum Gasteiger partial charge on any atom is -0.379 e. The molecule has 1 aromatic heterocycles. The minimum atomic E-state index is 0.559. The second kappa shape index (κ2) is 7.83. The van der Waals surface area contributed by atoms with Crippen LogP contribution in [-0.4, -0.2) is 65.4 Å². The lowest BCUT2D eigenvalue weighted by molar-refractivity contribution is 0.0254. The molecule has 0 saturated carbocycles. The smallest absolute Gasteiger partial charge is 0.241 e. The van der Waals surface area contributed by atoms with Gasteiger partial charge in [0.2, 0.25) is 11.7 Å². The summed E-state index contributed by atoms with van der Waals surface area (Å²) in [5.41, 5.74) is 0.922. The summed E-state index contributed by atoms with van der Waals surface area (Å²) in [6.07, 6.45) is 2.46. The van der Waals surface area contributed by atoms with Crippen LogP contribution >= 0.6 is 11.6 Å². The standard InChI is InChI=1S/C18H23ClN4O2/c19-15-5-3-14(4-6-15)18-20-17(25-21-18)13-23-7-1-2-16(23)12-22-8-10-24-11-9-22/h3-6,16H,1-2,7-13H2. The zero-order valence-electron chi connectivity index (χ0n) is 14.2. The second-order valence-corrected chi connectivity index (χ2v) is 7.13. The molecule has 2 saturated heterocycles. The first-order valence-corrected chi connectivity index (χ1v) is 9.28. The Labute approximate surface area is 152 Å². The van der Waals surface area contributed by atoms with E-state index >= 15 is 0 Å². The Hall–Kier alpha value is -1.47. The van der Waals surface area contributed by atoms with Crippen LogP contribution in [0, 0.1) is 0 Å². The summed E-state index contributed by atoms with van der Waals surface area (Å²) in [5.74, 6) is 1.30. The monoisotopic (exact) mass is 362 g/mol. The lowest BCUT2D eigenvalue weighted by Crippen LogP contribution is -2.44. The summed E-state index contributed by atoms with van der Waals surface area (Å²) in [5, 5.41) is 4.82. The largest absolute Gasteiger partial charge is 0.379 e. The molecule has 1 atom stereocenters. The zero-order chi connectivity index (χ0) is 17.1. The Bertz CT molecular complexity index is 685. The van der Waals surface area contributed by atoms with Gasteiger partial charge in [-0.15, -0.1) is 0 Å². The van der Waals surface area contributed by atoms with Crippen molar-refractivity contribution in [1.29, 1.82) is 0 Å². The van der Waals surface area contributed by atoms with E-state index in [0.717, 1.165) is 51.5 Å². The first kappa shape index (κ1) is 17.0. The number of halogens is 1. The third-order valence-corrected chi connectivity index (χ3v) is 5.23. The van der Waals surface area contributed by atoms with E-state index in [1.54, 1.807) is 0 Å². The molecular weight excluding hydrogens is 340 g/mol. The highest BCUT2D eigenvalue weighted by molar-refractivity contribution is 6.30. The Morgan fingerprint density at radius 3 is 2.72 bits per heavy atom. The molecule has 4 rings (SSSR count). The number of rotatable bonds is 5. The summed E-state index contributed by atoms with van der Waals surface area (Å²) >= 11 is 5.93. The lowest BCUT2D eigenvalue weighted by atomic mass is 10.2. The van der Waals surface area contributed by atoms with Crippen LogP contribution in [0.1, 0.15) is 18.7 Å². The second-order valence-electron chi connectivity index (χ2n) is 6.70. The van der Waals surface area contributed by atoms with E-state index < -0.39 is 0 Å². The average molecular weight is 363 g/mol. The summed E-state index contributed by atoms with van der Waals surface area (Å²) < 4.78 is 10.9. The zero-order valence-corrected chi connectivity index (χ0v) is 15.0. The number of hydrogen-bond acceptors (Lipinski definition) is 6. The van der Waals surface area contributed by atoms with Gasteiger partial charge >= 0.3 is 0 Å². The molecule has 2 aromatic rings. The number of aromatic nitrogens is 2. The maximum atomic E-state index is 5.93. The van der Waals surface area contributed by atoms with Gasteiger partial charge in [0.15, 0.2) is 0 Å². The lowest BCUT2D eigenvalue weighted by Gasteiger charge is -2.32. The normalized spacial score (nSPS) is 22.5. The molecule has 0 amide bonds. The minimum absolute atomic E-state index is 0.559. The van der Waals surface area contributed by atoms with Crippen LogP contribution in [0.15, 0.2) is 28.8 Å². The molecule has 0 aliphatic carbocycles. The Kier molecular flexibility index (Phi) is 5.31. The molecule has 134 valence electrons. The van der Waals surface area contributed by atoms with Gasteiger partial charge in [0.25, 0.3) is 0 Å². The fraction of sp³-hybridized carbons (Fsp3) is 0.556. The SMILES string of the molecule is Clc1ccc(-c2noc(CN3CCCC3CN3CCOCC3)n2)cc1. The predicted molar refractivity (Wildman–Crippen MR) is 95.4 cm³/mol. The van der Waals surface area contributed by atoms with Crippen molar-refractivity contribution in [1.82, 2.24) is 19.9 Å². The predicted octanol–water partition coefficient (Wildman–Crippen LogP) is 2.69. The Morgan fingerprint density at radius 2 is 1.92 bits per heavy atom. The highest BCUT2D eigenvalue weighted by atomic mass is 35.5. The molecule has 25 heavy (non-hydrogen) atoms. The van der Waals surface area contributed by atoms with Crippen molar-refractivity contribution in [2.45, 2.75) is 25.4 Å². The third kappa shape index (κ3) is 4.20. The highest BCUT2D eigenvalue weighted by Crippen LogP contribution is 2.23. The molecule has 7 heteroatoms. The van der Waals surface area contributed by atoms with E-state index in [2.05, 4.69) is 19.9 Å². The molecular formula is C18H23ClN4O2. The quantitative estimate of drug-likeness (QED) is 0.815. The highest BCUT2D eigenvalue weighted by Gasteiger charge is 2.28. The fourth-order valence-corrected chi connectivity index (χ4v) is 3.73. The van der Waals surface area contributed by atoms with Crippen LogP contribution in [0.25, 0.3) is 11.4 Å². The molecule has 0 radical (unpaired) electrons. The molecule has 2 aliphatic rings.